The molecule has 2 N–H and O–H groups in total. The molecule has 28 heavy (non-hydrogen) atoms. The van der Waals surface area contributed by atoms with Crippen molar-refractivity contribution in [3.63, 3.8) is 0 Å². The number of carbonyl (C=O) groups excluding carboxylic acids is 3. The third-order valence-electron chi connectivity index (χ3n) is 4.24. The van der Waals surface area contributed by atoms with Crippen LogP contribution >= 0.6 is 15.9 Å². The molecular formula is C17H19BrN6O4. The van der Waals surface area contributed by atoms with Crippen LogP contribution in [0.4, 0.5) is 11.6 Å². The van der Waals surface area contributed by atoms with E-state index in [1.165, 1.54) is 16.4 Å². The lowest BCUT2D eigenvalue weighted by Gasteiger charge is -2.38. The molecular weight excluding hydrogens is 432 g/mol. The van der Waals surface area contributed by atoms with E-state index in [-0.39, 0.29) is 30.4 Å². The number of aliphatic hydroxyl groups is 1. The molecule has 10 nitrogen and oxygen atoms in total. The standard InChI is InChI=1S/C17H19BrN6O4/c1-9(25)7-24-16(27)14-15(22(3)17(24)28)19-10(2)23(14)8-13(26)21-12-6-4-5-11(18)20-12/h4-6,17,28H,7-8H2,1-3H3,(H,20,21,26). The fraction of sp³-hybridized carbons (Fsp3) is 0.353. The first kappa shape index (κ1) is 20.0. The van der Waals surface area contributed by atoms with Crippen LogP contribution in [0.25, 0.3) is 0 Å². The minimum atomic E-state index is -1.31. The zero-order valence-electron chi connectivity index (χ0n) is 15.5. The number of aliphatic hydroxyl groups excluding tert-OH is 1. The summed E-state index contributed by atoms with van der Waals surface area (Å²) in [6.45, 7) is 2.57. The predicted octanol–water partition coefficient (Wildman–Crippen LogP) is 0.745. The SMILES string of the molecule is CC(=O)CN1C(=O)c2c(nc(C)n2CC(=O)Nc2cccc(Br)n2)N(C)C1O. The topological polar surface area (TPSA) is 121 Å². The normalized spacial score (nSPS) is 16.2. The van der Waals surface area contributed by atoms with E-state index in [0.717, 1.165) is 4.90 Å². The Morgan fingerprint density at radius 1 is 1.29 bits per heavy atom. The fourth-order valence-corrected chi connectivity index (χ4v) is 3.30. The molecule has 3 heterocycles. The number of halogens is 1. The van der Waals surface area contributed by atoms with Crippen LogP contribution < -0.4 is 10.2 Å². The fourth-order valence-electron chi connectivity index (χ4n) is 2.96. The van der Waals surface area contributed by atoms with Gasteiger partial charge in [-0.3, -0.25) is 19.3 Å². The number of pyridine rings is 1. The van der Waals surface area contributed by atoms with Gasteiger partial charge in [0.1, 0.15) is 28.6 Å². The van der Waals surface area contributed by atoms with Gasteiger partial charge >= 0.3 is 0 Å². The smallest absolute Gasteiger partial charge is 0.278 e. The number of nitrogens with one attached hydrogen (secondary N) is 1. The van der Waals surface area contributed by atoms with Gasteiger partial charge in [0.2, 0.25) is 12.3 Å². The molecule has 2 aromatic heterocycles. The number of fused-ring (bicyclic) bond motifs is 1. The minimum Gasteiger partial charge on any atom is -0.356 e. The van der Waals surface area contributed by atoms with Gasteiger partial charge in [0, 0.05) is 7.05 Å². The van der Waals surface area contributed by atoms with Gasteiger partial charge in [-0.05, 0) is 41.9 Å². The predicted molar refractivity (Wildman–Crippen MR) is 104 cm³/mol. The molecule has 0 aromatic carbocycles. The van der Waals surface area contributed by atoms with Crippen LogP contribution in [0.1, 0.15) is 23.2 Å². The van der Waals surface area contributed by atoms with Gasteiger partial charge in [0.25, 0.3) is 5.91 Å². The number of Topliss-reactive ketones (excluding diaryl/α,β-unsaturated/α-hetero) is 1. The Labute approximate surface area is 169 Å². The first-order chi connectivity index (χ1) is 13.2. The molecule has 0 aliphatic carbocycles. The van der Waals surface area contributed by atoms with Gasteiger partial charge in [0.05, 0.1) is 6.54 Å². The molecule has 1 aliphatic heterocycles. The maximum absolute atomic E-state index is 12.9. The highest BCUT2D eigenvalue weighted by molar-refractivity contribution is 9.10. The Kier molecular flexibility index (Phi) is 5.47. The third kappa shape index (κ3) is 3.76. The molecule has 0 fully saturated rings. The number of aryl methyl sites for hydroxylation is 1. The van der Waals surface area contributed by atoms with Crippen molar-refractivity contribution in [2.24, 2.45) is 0 Å². The molecule has 1 atom stereocenters. The number of amides is 2. The zero-order chi connectivity index (χ0) is 20.6. The molecule has 3 rings (SSSR count). The molecule has 2 amide bonds. The van der Waals surface area contributed by atoms with Crippen LogP contribution in [-0.2, 0) is 16.1 Å². The molecule has 2 aromatic rings. The van der Waals surface area contributed by atoms with Gasteiger partial charge in [-0.2, -0.15) is 0 Å². The Morgan fingerprint density at radius 3 is 2.64 bits per heavy atom. The number of aromatic nitrogens is 3. The minimum absolute atomic E-state index is 0.143. The van der Waals surface area contributed by atoms with Crippen molar-refractivity contribution in [3.05, 3.63) is 34.3 Å². The van der Waals surface area contributed by atoms with E-state index in [2.05, 4.69) is 31.2 Å². The van der Waals surface area contributed by atoms with E-state index in [4.69, 9.17) is 0 Å². The molecule has 1 unspecified atom stereocenters. The summed E-state index contributed by atoms with van der Waals surface area (Å²) in [7, 11) is 1.56. The number of hydrogen-bond acceptors (Lipinski definition) is 7. The number of ketones is 1. The van der Waals surface area contributed by atoms with E-state index in [1.54, 1.807) is 32.2 Å². The molecule has 0 bridgehead atoms. The van der Waals surface area contributed by atoms with Crippen LogP contribution in [0.2, 0.25) is 0 Å². The van der Waals surface area contributed by atoms with Crippen LogP contribution in [-0.4, -0.2) is 62.1 Å². The van der Waals surface area contributed by atoms with Crippen molar-refractivity contribution in [2.45, 2.75) is 26.7 Å². The van der Waals surface area contributed by atoms with E-state index in [0.29, 0.717) is 16.2 Å². The van der Waals surface area contributed by atoms with Crippen molar-refractivity contribution in [2.75, 3.05) is 23.8 Å². The molecule has 11 heteroatoms. The number of carbonyl (C=O) groups is 3. The lowest BCUT2D eigenvalue weighted by molar-refractivity contribution is -0.120. The second kappa shape index (κ2) is 7.68. The summed E-state index contributed by atoms with van der Waals surface area (Å²) in [5, 5.41) is 13.0. The first-order valence-electron chi connectivity index (χ1n) is 8.40. The average molecular weight is 451 g/mol. The van der Waals surface area contributed by atoms with Crippen molar-refractivity contribution in [1.29, 1.82) is 0 Å². The zero-order valence-corrected chi connectivity index (χ0v) is 17.1. The van der Waals surface area contributed by atoms with Crippen LogP contribution in [0, 0.1) is 6.92 Å². The van der Waals surface area contributed by atoms with Crippen molar-refractivity contribution >= 4 is 45.2 Å². The van der Waals surface area contributed by atoms with Gasteiger partial charge in [-0.15, -0.1) is 0 Å². The summed E-state index contributed by atoms with van der Waals surface area (Å²) in [6.07, 6.45) is -1.31. The first-order valence-corrected chi connectivity index (χ1v) is 9.19. The summed E-state index contributed by atoms with van der Waals surface area (Å²) in [6, 6.07) is 5.11. The second-order valence-electron chi connectivity index (χ2n) is 6.40. The van der Waals surface area contributed by atoms with Gasteiger partial charge in [-0.1, -0.05) is 6.07 Å². The average Bonchev–Trinajstić information content (AvgIpc) is 2.93. The van der Waals surface area contributed by atoms with E-state index in [9.17, 15) is 19.5 Å². The largest absolute Gasteiger partial charge is 0.356 e. The summed E-state index contributed by atoms with van der Waals surface area (Å²) < 4.78 is 2.03. The van der Waals surface area contributed by atoms with Crippen molar-refractivity contribution in [1.82, 2.24) is 19.4 Å². The molecule has 0 saturated carbocycles. The maximum Gasteiger partial charge on any atom is 0.278 e. The summed E-state index contributed by atoms with van der Waals surface area (Å²) in [5.41, 5.74) is 0.143. The molecule has 1 aliphatic rings. The monoisotopic (exact) mass is 450 g/mol. The van der Waals surface area contributed by atoms with Gasteiger partial charge in [-0.25, -0.2) is 9.97 Å². The number of rotatable bonds is 5. The number of hydrogen-bond donors (Lipinski definition) is 2. The van der Waals surface area contributed by atoms with Gasteiger partial charge in [0.15, 0.2) is 11.5 Å². The Hall–Kier alpha value is -2.79. The van der Waals surface area contributed by atoms with Crippen molar-refractivity contribution in [3.8, 4) is 0 Å². The van der Waals surface area contributed by atoms with Crippen LogP contribution in [0.5, 0.6) is 0 Å². The van der Waals surface area contributed by atoms with Crippen LogP contribution in [0.3, 0.4) is 0 Å². The van der Waals surface area contributed by atoms with Gasteiger partial charge < -0.3 is 19.9 Å². The summed E-state index contributed by atoms with van der Waals surface area (Å²) in [5.74, 6) is -0.186. The third-order valence-corrected chi connectivity index (χ3v) is 4.68. The lowest BCUT2D eigenvalue weighted by atomic mass is 10.2. The quantitative estimate of drug-likeness (QED) is 0.644. The number of imidazole rings is 1. The highest BCUT2D eigenvalue weighted by Crippen LogP contribution is 2.29. The van der Waals surface area contributed by atoms with Crippen LogP contribution in [0.15, 0.2) is 22.8 Å². The molecule has 0 radical (unpaired) electrons. The lowest BCUT2D eigenvalue weighted by Crippen LogP contribution is -2.55. The second-order valence-corrected chi connectivity index (χ2v) is 7.22. The highest BCUT2D eigenvalue weighted by Gasteiger charge is 2.40. The van der Waals surface area contributed by atoms with E-state index in [1.807, 2.05) is 0 Å². The number of anilines is 2. The maximum atomic E-state index is 12.9. The van der Waals surface area contributed by atoms with E-state index < -0.39 is 18.2 Å². The Morgan fingerprint density at radius 2 is 2.00 bits per heavy atom. The molecule has 0 spiro atoms. The highest BCUT2D eigenvalue weighted by atomic mass is 79.9. The number of nitrogens with zero attached hydrogens (tertiary/aromatic N) is 5. The summed E-state index contributed by atoms with van der Waals surface area (Å²) >= 11 is 3.24. The summed E-state index contributed by atoms with van der Waals surface area (Å²) in [4.78, 5) is 47.8. The Bertz CT molecular complexity index is 959. The Balaban J connectivity index is 1.90. The van der Waals surface area contributed by atoms with Crippen molar-refractivity contribution < 1.29 is 19.5 Å². The van der Waals surface area contributed by atoms with E-state index >= 15 is 0 Å². The molecule has 148 valence electrons. The molecule has 0 saturated heterocycles.